The molecule has 0 radical (unpaired) electrons. The van der Waals surface area contributed by atoms with E-state index in [1.807, 2.05) is 32.2 Å². The molecule has 0 spiro atoms. The van der Waals surface area contributed by atoms with Gasteiger partial charge in [0.2, 0.25) is 5.91 Å². The summed E-state index contributed by atoms with van der Waals surface area (Å²) in [7, 11) is 3.66. The highest BCUT2D eigenvalue weighted by Gasteiger charge is 2.22. The molecular weight excluding hydrogens is 436 g/mol. The number of ether oxygens (including phenoxy) is 1. The molecule has 0 aliphatic rings. The van der Waals surface area contributed by atoms with E-state index in [4.69, 9.17) is 10.00 Å². The Morgan fingerprint density at radius 3 is 2.70 bits per heavy atom. The molecule has 1 N–H and O–H groups in total. The molecule has 2 heterocycles. The summed E-state index contributed by atoms with van der Waals surface area (Å²) in [6.45, 7) is 13.5. The Bertz CT molecular complexity index is 974. The molecular formula is C24H36N6O2S. The molecule has 33 heavy (non-hydrogen) atoms. The van der Waals surface area contributed by atoms with Crippen molar-refractivity contribution in [1.82, 2.24) is 25.0 Å². The maximum atomic E-state index is 12.1. The summed E-state index contributed by atoms with van der Waals surface area (Å²) in [5, 5.41) is 21.3. The number of thiophene rings is 1. The highest BCUT2D eigenvalue weighted by atomic mass is 32.1. The standard InChI is InChI=1S/C24H36N6O2S/c1-8-19(30-18(5)27-28-24(30)16(2)3)15-17(4)29(6)14-12-20(26-22(31)11-13-25)21-9-10-23(32-7)33-21/h9-10,16,19-20H,4,8,11-12,14-15H2,1-3,5-7H3,(H,26,31). The number of amides is 1. The largest absolute Gasteiger partial charge is 0.487 e. The third kappa shape index (κ3) is 7.06. The van der Waals surface area contributed by atoms with E-state index in [1.165, 1.54) is 11.3 Å². The Morgan fingerprint density at radius 1 is 1.39 bits per heavy atom. The quantitative estimate of drug-likeness (QED) is 0.453. The van der Waals surface area contributed by atoms with Crippen molar-refractivity contribution in [3.8, 4) is 11.1 Å². The first-order chi connectivity index (χ1) is 15.7. The number of methoxy groups -OCH3 is 1. The van der Waals surface area contributed by atoms with Crippen LogP contribution in [0.25, 0.3) is 0 Å². The van der Waals surface area contributed by atoms with Crippen LogP contribution in [0.4, 0.5) is 0 Å². The maximum Gasteiger partial charge on any atom is 0.234 e. The van der Waals surface area contributed by atoms with Crippen LogP contribution in [0.2, 0.25) is 0 Å². The van der Waals surface area contributed by atoms with Gasteiger partial charge in [0.1, 0.15) is 18.1 Å². The summed E-state index contributed by atoms with van der Waals surface area (Å²) in [4.78, 5) is 15.3. The van der Waals surface area contributed by atoms with Crippen molar-refractivity contribution in [2.24, 2.45) is 0 Å². The predicted molar refractivity (Wildman–Crippen MR) is 131 cm³/mol. The topological polar surface area (TPSA) is 96.1 Å². The molecule has 8 nitrogen and oxygen atoms in total. The Kier molecular flexibility index (Phi) is 9.92. The van der Waals surface area contributed by atoms with E-state index in [0.29, 0.717) is 18.9 Å². The number of carbonyl (C=O) groups excluding carboxylic acids is 1. The summed E-state index contributed by atoms with van der Waals surface area (Å²) in [5.74, 6) is 1.95. The molecule has 180 valence electrons. The van der Waals surface area contributed by atoms with Crippen LogP contribution in [0.15, 0.2) is 24.4 Å². The molecule has 0 aromatic carbocycles. The summed E-state index contributed by atoms with van der Waals surface area (Å²) in [5.41, 5.74) is 1.02. The van der Waals surface area contributed by atoms with E-state index in [2.05, 4.69) is 52.3 Å². The second-order valence-electron chi connectivity index (χ2n) is 8.49. The number of aromatic nitrogens is 3. The summed E-state index contributed by atoms with van der Waals surface area (Å²) < 4.78 is 7.55. The van der Waals surface area contributed by atoms with Gasteiger partial charge in [-0.2, -0.15) is 5.26 Å². The Hall–Kier alpha value is -2.86. The van der Waals surface area contributed by atoms with Gasteiger partial charge in [0, 0.05) is 42.5 Å². The summed E-state index contributed by atoms with van der Waals surface area (Å²) in [6, 6.07) is 5.82. The SMILES string of the molecule is C=C(CC(CC)n1c(C)nnc1C(C)C)N(C)CCC(NC(=O)CC#N)c1ccc(OC)s1. The van der Waals surface area contributed by atoms with Gasteiger partial charge >= 0.3 is 0 Å². The van der Waals surface area contributed by atoms with Crippen molar-refractivity contribution >= 4 is 17.2 Å². The molecule has 0 aliphatic heterocycles. The van der Waals surface area contributed by atoms with Crippen LogP contribution < -0.4 is 10.1 Å². The van der Waals surface area contributed by atoms with Crippen molar-refractivity contribution < 1.29 is 9.53 Å². The minimum atomic E-state index is -0.272. The lowest BCUT2D eigenvalue weighted by atomic mass is 10.1. The summed E-state index contributed by atoms with van der Waals surface area (Å²) >= 11 is 1.50. The number of hydrogen-bond donors (Lipinski definition) is 1. The monoisotopic (exact) mass is 472 g/mol. The average molecular weight is 473 g/mol. The molecule has 2 atom stereocenters. The molecule has 2 aromatic rings. The molecule has 2 unspecified atom stereocenters. The lowest BCUT2D eigenvalue weighted by molar-refractivity contribution is -0.120. The lowest BCUT2D eigenvalue weighted by Crippen LogP contribution is -2.31. The molecule has 0 fully saturated rings. The van der Waals surface area contributed by atoms with Crippen LogP contribution in [-0.4, -0.2) is 46.3 Å². The van der Waals surface area contributed by atoms with Crippen molar-refractivity contribution in [2.75, 3.05) is 20.7 Å². The smallest absolute Gasteiger partial charge is 0.234 e. The first kappa shape index (κ1) is 26.4. The van der Waals surface area contributed by atoms with Crippen LogP contribution in [0, 0.1) is 18.3 Å². The van der Waals surface area contributed by atoms with E-state index in [9.17, 15) is 4.79 Å². The van der Waals surface area contributed by atoms with Crippen LogP contribution >= 0.6 is 11.3 Å². The minimum absolute atomic E-state index is 0.157. The van der Waals surface area contributed by atoms with Gasteiger partial charge < -0.3 is 19.5 Å². The van der Waals surface area contributed by atoms with Gasteiger partial charge in [-0.15, -0.1) is 21.5 Å². The van der Waals surface area contributed by atoms with Gasteiger partial charge in [0.25, 0.3) is 0 Å². The van der Waals surface area contributed by atoms with Gasteiger partial charge in [-0.3, -0.25) is 4.79 Å². The van der Waals surface area contributed by atoms with Gasteiger partial charge in [-0.1, -0.05) is 27.4 Å². The zero-order chi connectivity index (χ0) is 24.5. The third-order valence-electron chi connectivity index (χ3n) is 5.73. The Labute approximate surface area is 201 Å². The molecule has 0 bridgehead atoms. The molecule has 0 saturated heterocycles. The van der Waals surface area contributed by atoms with E-state index < -0.39 is 0 Å². The Morgan fingerprint density at radius 2 is 2.12 bits per heavy atom. The van der Waals surface area contributed by atoms with Crippen molar-refractivity contribution in [3.63, 3.8) is 0 Å². The molecule has 1 amide bonds. The van der Waals surface area contributed by atoms with Crippen molar-refractivity contribution in [3.05, 3.63) is 40.9 Å². The van der Waals surface area contributed by atoms with E-state index in [-0.39, 0.29) is 24.4 Å². The van der Waals surface area contributed by atoms with Crippen molar-refractivity contribution in [1.29, 1.82) is 5.26 Å². The zero-order valence-electron chi connectivity index (χ0n) is 20.6. The highest BCUT2D eigenvalue weighted by Crippen LogP contribution is 2.32. The Balaban J connectivity index is 2.07. The molecule has 9 heteroatoms. The number of rotatable bonds is 13. The zero-order valence-corrected chi connectivity index (χ0v) is 21.4. The fraction of sp³-hybridized carbons (Fsp3) is 0.583. The first-order valence-electron chi connectivity index (χ1n) is 11.3. The third-order valence-corrected chi connectivity index (χ3v) is 6.89. The van der Waals surface area contributed by atoms with Gasteiger partial charge in [-0.05, 0) is 31.9 Å². The van der Waals surface area contributed by atoms with Crippen LogP contribution in [-0.2, 0) is 4.79 Å². The number of nitrogens with zero attached hydrogens (tertiary/aromatic N) is 5. The van der Waals surface area contributed by atoms with E-state index in [1.54, 1.807) is 7.11 Å². The maximum absolute atomic E-state index is 12.1. The normalized spacial score (nSPS) is 12.8. The average Bonchev–Trinajstić information content (AvgIpc) is 3.41. The van der Waals surface area contributed by atoms with E-state index >= 15 is 0 Å². The molecule has 2 rings (SSSR count). The summed E-state index contributed by atoms with van der Waals surface area (Å²) in [6.07, 6.45) is 2.28. The van der Waals surface area contributed by atoms with Gasteiger partial charge in [-0.25, -0.2) is 0 Å². The lowest BCUT2D eigenvalue weighted by Gasteiger charge is -2.29. The fourth-order valence-corrected chi connectivity index (χ4v) is 4.70. The second-order valence-corrected chi connectivity index (χ2v) is 9.57. The molecule has 2 aromatic heterocycles. The fourth-order valence-electron chi connectivity index (χ4n) is 3.79. The minimum Gasteiger partial charge on any atom is -0.487 e. The second kappa shape index (κ2) is 12.4. The van der Waals surface area contributed by atoms with Gasteiger partial charge in [0.15, 0.2) is 5.06 Å². The molecule has 0 aliphatic carbocycles. The molecule has 0 saturated carbocycles. The first-order valence-corrected chi connectivity index (χ1v) is 12.1. The predicted octanol–water partition coefficient (Wildman–Crippen LogP) is 4.73. The number of hydrogen-bond acceptors (Lipinski definition) is 7. The number of allylic oxidation sites excluding steroid dienone is 1. The number of aryl methyl sites for hydroxylation is 1. The van der Waals surface area contributed by atoms with E-state index in [0.717, 1.165) is 40.1 Å². The highest BCUT2D eigenvalue weighted by molar-refractivity contribution is 7.13. The number of carbonyl (C=O) groups is 1. The van der Waals surface area contributed by atoms with Crippen LogP contribution in [0.3, 0.4) is 0 Å². The van der Waals surface area contributed by atoms with Crippen molar-refractivity contribution in [2.45, 2.75) is 71.4 Å². The van der Waals surface area contributed by atoms with Crippen LogP contribution in [0.5, 0.6) is 5.06 Å². The van der Waals surface area contributed by atoms with Crippen LogP contribution in [0.1, 0.15) is 81.0 Å². The number of nitrogens with one attached hydrogen (secondary N) is 1. The van der Waals surface area contributed by atoms with Gasteiger partial charge in [0.05, 0.1) is 19.2 Å². The number of nitriles is 1.